The Hall–Kier alpha value is -2.83. The molecule has 0 saturated heterocycles. The zero-order valence-corrected chi connectivity index (χ0v) is 18.3. The molecule has 1 amide bonds. The molecule has 0 aliphatic heterocycles. The molecule has 0 saturated carbocycles. The highest BCUT2D eigenvalue weighted by Crippen LogP contribution is 2.30. The lowest BCUT2D eigenvalue weighted by molar-refractivity contribution is -0.120. The van der Waals surface area contributed by atoms with Crippen molar-refractivity contribution in [3.63, 3.8) is 0 Å². The van der Waals surface area contributed by atoms with Crippen molar-refractivity contribution in [2.75, 3.05) is 10.8 Å². The lowest BCUT2D eigenvalue weighted by atomic mass is 10.1. The Morgan fingerprint density at radius 2 is 1.57 bits per heavy atom. The molecule has 0 spiro atoms. The molecule has 3 aromatic carbocycles. The van der Waals surface area contributed by atoms with Gasteiger partial charge in [-0.05, 0) is 49.2 Å². The summed E-state index contributed by atoms with van der Waals surface area (Å²) in [5, 5.41) is 3.31. The molecule has 1 atom stereocenters. The Bertz CT molecular complexity index is 1120. The van der Waals surface area contributed by atoms with Crippen LogP contribution in [0.5, 0.6) is 0 Å². The van der Waals surface area contributed by atoms with Gasteiger partial charge in [0.25, 0.3) is 10.0 Å². The number of anilines is 1. The number of nitrogens with one attached hydrogen (secondary N) is 1. The van der Waals surface area contributed by atoms with Crippen molar-refractivity contribution in [2.24, 2.45) is 0 Å². The van der Waals surface area contributed by atoms with Crippen LogP contribution in [0.2, 0.25) is 5.02 Å². The van der Waals surface area contributed by atoms with Crippen LogP contribution in [0.4, 0.5) is 5.69 Å². The summed E-state index contributed by atoms with van der Waals surface area (Å²) in [5.74, 6) is -0.412. The molecule has 0 bridgehead atoms. The molecule has 7 heteroatoms. The maximum atomic E-state index is 13.4. The van der Waals surface area contributed by atoms with E-state index < -0.39 is 15.9 Å². The van der Waals surface area contributed by atoms with Gasteiger partial charge in [-0.25, -0.2) is 8.42 Å². The molecule has 156 valence electrons. The van der Waals surface area contributed by atoms with Gasteiger partial charge in [0, 0.05) is 5.02 Å². The Kier molecular flexibility index (Phi) is 6.80. The second kappa shape index (κ2) is 9.32. The number of carbonyl (C=O) groups excluding carboxylic acids is 1. The fourth-order valence-corrected chi connectivity index (χ4v) is 4.80. The lowest BCUT2D eigenvalue weighted by Gasteiger charge is -2.26. The fourth-order valence-electron chi connectivity index (χ4n) is 3.13. The predicted molar refractivity (Wildman–Crippen MR) is 120 cm³/mol. The molecule has 0 aliphatic rings. The van der Waals surface area contributed by atoms with Gasteiger partial charge in [-0.3, -0.25) is 9.10 Å². The molecular weight excluding hydrogens is 420 g/mol. The highest BCUT2D eigenvalue weighted by molar-refractivity contribution is 7.92. The molecule has 5 nitrogen and oxygen atoms in total. The minimum absolute atomic E-state index is 0.105. The van der Waals surface area contributed by atoms with E-state index in [-0.39, 0.29) is 17.5 Å². The maximum Gasteiger partial charge on any atom is 0.264 e. The second-order valence-corrected chi connectivity index (χ2v) is 9.18. The number of nitrogens with zero attached hydrogens (tertiary/aromatic N) is 1. The molecule has 3 aromatic rings. The number of hydrogen-bond acceptors (Lipinski definition) is 3. The van der Waals surface area contributed by atoms with Crippen LogP contribution < -0.4 is 9.62 Å². The Balaban J connectivity index is 1.94. The minimum atomic E-state index is -3.98. The average Bonchev–Trinajstić information content (AvgIpc) is 2.75. The van der Waals surface area contributed by atoms with Crippen LogP contribution in [0.25, 0.3) is 0 Å². The quantitative estimate of drug-likeness (QED) is 0.575. The number of amides is 1. The van der Waals surface area contributed by atoms with Gasteiger partial charge in [-0.2, -0.15) is 0 Å². The molecule has 0 heterocycles. The molecule has 0 unspecified atom stereocenters. The van der Waals surface area contributed by atoms with Crippen LogP contribution in [-0.4, -0.2) is 20.9 Å². The first-order valence-electron chi connectivity index (χ1n) is 9.48. The molecule has 0 aromatic heterocycles. The molecule has 0 radical (unpaired) electrons. The van der Waals surface area contributed by atoms with Crippen molar-refractivity contribution in [2.45, 2.75) is 24.8 Å². The molecule has 0 fully saturated rings. The number of carbonyl (C=O) groups is 1. The topological polar surface area (TPSA) is 66.5 Å². The van der Waals surface area contributed by atoms with Crippen LogP contribution in [0.1, 0.15) is 24.1 Å². The van der Waals surface area contributed by atoms with Gasteiger partial charge in [0.05, 0.1) is 16.6 Å². The van der Waals surface area contributed by atoms with Crippen molar-refractivity contribution >= 4 is 33.2 Å². The number of benzene rings is 3. The Labute approximate surface area is 182 Å². The van der Waals surface area contributed by atoms with Gasteiger partial charge < -0.3 is 5.32 Å². The summed E-state index contributed by atoms with van der Waals surface area (Å²) in [6, 6.07) is 22.3. The second-order valence-electron chi connectivity index (χ2n) is 6.91. The Morgan fingerprint density at radius 1 is 0.967 bits per heavy atom. The van der Waals surface area contributed by atoms with Gasteiger partial charge >= 0.3 is 0 Å². The number of sulfonamides is 1. The first kappa shape index (κ1) is 21.9. The van der Waals surface area contributed by atoms with E-state index in [1.165, 1.54) is 12.1 Å². The number of halogens is 1. The summed E-state index contributed by atoms with van der Waals surface area (Å²) >= 11 is 6.23. The summed E-state index contributed by atoms with van der Waals surface area (Å²) in [4.78, 5) is 12.9. The average molecular weight is 443 g/mol. The predicted octanol–water partition coefficient (Wildman–Crippen LogP) is 4.72. The van der Waals surface area contributed by atoms with E-state index in [0.717, 1.165) is 9.87 Å². The van der Waals surface area contributed by atoms with Gasteiger partial charge in [-0.1, -0.05) is 66.2 Å². The van der Waals surface area contributed by atoms with E-state index in [2.05, 4.69) is 5.32 Å². The molecule has 30 heavy (non-hydrogen) atoms. The van der Waals surface area contributed by atoms with Crippen LogP contribution in [0, 0.1) is 6.92 Å². The lowest BCUT2D eigenvalue weighted by Crippen LogP contribution is -2.42. The van der Waals surface area contributed by atoms with E-state index in [4.69, 9.17) is 11.6 Å². The number of rotatable bonds is 7. The molecule has 3 rings (SSSR count). The van der Waals surface area contributed by atoms with Crippen LogP contribution in [0.3, 0.4) is 0 Å². The fraction of sp³-hybridized carbons (Fsp3) is 0.174. The van der Waals surface area contributed by atoms with Gasteiger partial charge in [0.2, 0.25) is 5.91 Å². The van der Waals surface area contributed by atoms with Gasteiger partial charge in [-0.15, -0.1) is 0 Å². The smallest absolute Gasteiger partial charge is 0.264 e. The Morgan fingerprint density at radius 3 is 2.20 bits per heavy atom. The van der Waals surface area contributed by atoms with Crippen molar-refractivity contribution in [1.82, 2.24) is 5.32 Å². The van der Waals surface area contributed by atoms with E-state index in [1.54, 1.807) is 43.3 Å². The van der Waals surface area contributed by atoms with E-state index in [1.807, 2.05) is 37.3 Å². The van der Waals surface area contributed by atoms with Gasteiger partial charge in [0.15, 0.2) is 0 Å². The normalized spacial score (nSPS) is 12.2. The zero-order valence-electron chi connectivity index (χ0n) is 16.7. The summed E-state index contributed by atoms with van der Waals surface area (Å²) in [6.45, 7) is 3.22. The monoisotopic (exact) mass is 442 g/mol. The van der Waals surface area contributed by atoms with Crippen molar-refractivity contribution < 1.29 is 13.2 Å². The van der Waals surface area contributed by atoms with E-state index in [0.29, 0.717) is 16.3 Å². The first-order valence-corrected chi connectivity index (χ1v) is 11.3. The van der Waals surface area contributed by atoms with Crippen LogP contribution in [-0.2, 0) is 14.8 Å². The third kappa shape index (κ3) is 4.83. The summed E-state index contributed by atoms with van der Waals surface area (Å²) in [6.07, 6.45) is 0. The van der Waals surface area contributed by atoms with Crippen LogP contribution in [0.15, 0.2) is 83.8 Å². The van der Waals surface area contributed by atoms with E-state index in [9.17, 15) is 13.2 Å². The standard InChI is InChI=1S/C23H23ClN2O3S/c1-17-21(24)14-9-15-22(17)26(30(28,29)20-12-7-4-8-13-20)16-23(27)25-18(2)19-10-5-3-6-11-19/h3-15,18H,16H2,1-2H3,(H,25,27)/t18-/m1/s1. The molecule has 0 aliphatic carbocycles. The maximum absolute atomic E-state index is 13.4. The highest BCUT2D eigenvalue weighted by atomic mass is 35.5. The largest absolute Gasteiger partial charge is 0.348 e. The zero-order chi connectivity index (χ0) is 21.7. The van der Waals surface area contributed by atoms with E-state index >= 15 is 0 Å². The van der Waals surface area contributed by atoms with Crippen molar-refractivity contribution in [1.29, 1.82) is 0 Å². The minimum Gasteiger partial charge on any atom is -0.348 e. The third-order valence-electron chi connectivity index (χ3n) is 4.80. The first-order chi connectivity index (χ1) is 14.3. The highest BCUT2D eigenvalue weighted by Gasteiger charge is 2.29. The van der Waals surface area contributed by atoms with Crippen LogP contribution >= 0.6 is 11.6 Å². The molecule has 1 N–H and O–H groups in total. The van der Waals surface area contributed by atoms with Crippen molar-refractivity contribution in [3.05, 3.63) is 95.0 Å². The summed E-state index contributed by atoms with van der Waals surface area (Å²) in [5.41, 5.74) is 1.89. The van der Waals surface area contributed by atoms with Gasteiger partial charge in [0.1, 0.15) is 6.54 Å². The number of hydrogen-bond donors (Lipinski definition) is 1. The summed E-state index contributed by atoms with van der Waals surface area (Å²) < 4.78 is 27.9. The molecular formula is C23H23ClN2O3S. The summed E-state index contributed by atoms with van der Waals surface area (Å²) in [7, 11) is -3.98. The SMILES string of the molecule is Cc1c(Cl)cccc1N(CC(=O)N[C@H](C)c1ccccc1)S(=O)(=O)c1ccccc1. The third-order valence-corrected chi connectivity index (χ3v) is 6.99. The van der Waals surface area contributed by atoms with Crippen molar-refractivity contribution in [3.8, 4) is 0 Å².